The molecule has 1 saturated heterocycles. The van der Waals surface area contributed by atoms with Crippen LogP contribution in [0.1, 0.15) is 32.1 Å². The molecule has 1 aliphatic carbocycles. The summed E-state index contributed by atoms with van der Waals surface area (Å²) in [7, 11) is 3.13. The van der Waals surface area contributed by atoms with Crippen molar-refractivity contribution in [3.8, 4) is 5.75 Å². The van der Waals surface area contributed by atoms with E-state index in [2.05, 4.69) is 5.32 Å². The van der Waals surface area contributed by atoms with E-state index in [1.54, 1.807) is 19.2 Å². The van der Waals surface area contributed by atoms with Crippen LogP contribution in [-0.2, 0) is 4.79 Å². The SMILES string of the molecule is COc1ccc(N(C)C(=O)C2CC3CCCCC3N2)cc1F.Cl. The zero-order chi connectivity index (χ0) is 15.7. The highest BCUT2D eigenvalue weighted by molar-refractivity contribution is 5.97. The fraction of sp³-hybridized carbons (Fsp3) is 0.588. The quantitative estimate of drug-likeness (QED) is 0.917. The summed E-state index contributed by atoms with van der Waals surface area (Å²) in [5.41, 5.74) is 0.556. The van der Waals surface area contributed by atoms with Crippen LogP contribution in [0.25, 0.3) is 0 Å². The second-order valence-electron chi connectivity index (χ2n) is 6.32. The first-order valence-corrected chi connectivity index (χ1v) is 7.97. The number of carbonyl (C=O) groups is 1. The molecule has 4 nitrogen and oxygen atoms in total. The van der Waals surface area contributed by atoms with E-state index in [0.29, 0.717) is 17.6 Å². The van der Waals surface area contributed by atoms with Crippen molar-refractivity contribution in [2.75, 3.05) is 19.1 Å². The van der Waals surface area contributed by atoms with Gasteiger partial charge in [-0.05, 0) is 37.3 Å². The normalized spacial score (nSPS) is 26.1. The third-order valence-electron chi connectivity index (χ3n) is 5.01. The lowest BCUT2D eigenvalue weighted by molar-refractivity contribution is -0.120. The Kier molecular flexibility index (Phi) is 5.87. The maximum absolute atomic E-state index is 13.8. The minimum Gasteiger partial charge on any atom is -0.494 e. The highest BCUT2D eigenvalue weighted by Gasteiger charge is 2.39. The molecule has 6 heteroatoms. The molecule has 0 spiro atoms. The van der Waals surface area contributed by atoms with E-state index in [9.17, 15) is 9.18 Å². The predicted octanol–water partition coefficient (Wildman–Crippen LogP) is 3.14. The molecule has 3 atom stereocenters. The molecule has 0 radical (unpaired) electrons. The predicted molar refractivity (Wildman–Crippen MR) is 90.9 cm³/mol. The van der Waals surface area contributed by atoms with E-state index in [1.807, 2.05) is 0 Å². The van der Waals surface area contributed by atoms with E-state index in [1.165, 1.54) is 37.3 Å². The van der Waals surface area contributed by atoms with Gasteiger partial charge in [0, 0.05) is 24.8 Å². The molecule has 1 N–H and O–H groups in total. The molecule has 1 amide bonds. The maximum atomic E-state index is 13.8. The number of likely N-dealkylation sites (N-methyl/N-ethyl adjacent to an activating group) is 1. The molecule has 1 heterocycles. The first-order chi connectivity index (χ1) is 10.6. The molecule has 3 rings (SSSR count). The number of benzene rings is 1. The molecule has 1 aromatic rings. The number of nitrogens with zero attached hydrogens (tertiary/aromatic N) is 1. The summed E-state index contributed by atoms with van der Waals surface area (Å²) in [5, 5.41) is 3.47. The molecule has 1 aliphatic heterocycles. The standard InChI is InChI=1S/C17H23FN2O2.ClH/c1-20(12-7-8-16(22-2)13(18)10-12)17(21)15-9-11-5-3-4-6-14(11)19-15;/h7-8,10-11,14-15,19H,3-6,9H2,1-2H3;1H. The third kappa shape index (κ3) is 3.61. The van der Waals surface area contributed by atoms with Crippen LogP contribution in [0.5, 0.6) is 5.75 Å². The van der Waals surface area contributed by atoms with E-state index < -0.39 is 5.82 Å². The van der Waals surface area contributed by atoms with Crippen molar-refractivity contribution in [1.29, 1.82) is 0 Å². The van der Waals surface area contributed by atoms with Crippen molar-refractivity contribution >= 4 is 24.0 Å². The van der Waals surface area contributed by atoms with Crippen molar-refractivity contribution in [3.63, 3.8) is 0 Å². The number of amides is 1. The maximum Gasteiger partial charge on any atom is 0.243 e. The molecule has 3 unspecified atom stereocenters. The van der Waals surface area contributed by atoms with Crippen LogP contribution in [0.3, 0.4) is 0 Å². The number of nitrogens with one attached hydrogen (secondary N) is 1. The number of hydrogen-bond acceptors (Lipinski definition) is 3. The summed E-state index contributed by atoms with van der Waals surface area (Å²) in [6, 6.07) is 4.93. The lowest BCUT2D eigenvalue weighted by atomic mass is 9.85. The lowest BCUT2D eigenvalue weighted by Gasteiger charge is -2.24. The molecule has 23 heavy (non-hydrogen) atoms. The van der Waals surface area contributed by atoms with E-state index >= 15 is 0 Å². The summed E-state index contributed by atoms with van der Waals surface area (Å²) in [6.07, 6.45) is 5.78. The van der Waals surface area contributed by atoms with Crippen LogP contribution in [0.15, 0.2) is 18.2 Å². The highest BCUT2D eigenvalue weighted by Crippen LogP contribution is 2.34. The summed E-state index contributed by atoms with van der Waals surface area (Å²) in [6.45, 7) is 0. The van der Waals surface area contributed by atoms with Gasteiger partial charge in [-0.15, -0.1) is 12.4 Å². The number of halogens is 2. The van der Waals surface area contributed by atoms with E-state index in [0.717, 1.165) is 12.8 Å². The van der Waals surface area contributed by atoms with Crippen LogP contribution in [0, 0.1) is 11.7 Å². The van der Waals surface area contributed by atoms with Crippen molar-refractivity contribution in [1.82, 2.24) is 5.32 Å². The second-order valence-corrected chi connectivity index (χ2v) is 6.32. The zero-order valence-corrected chi connectivity index (χ0v) is 14.4. The zero-order valence-electron chi connectivity index (χ0n) is 13.5. The van der Waals surface area contributed by atoms with Crippen molar-refractivity contribution < 1.29 is 13.9 Å². The van der Waals surface area contributed by atoms with Gasteiger partial charge in [-0.2, -0.15) is 0 Å². The Bertz CT molecular complexity index is 556. The molecular formula is C17H24ClFN2O2. The molecule has 0 bridgehead atoms. The van der Waals surface area contributed by atoms with Gasteiger partial charge in [0.05, 0.1) is 13.2 Å². The average molecular weight is 343 g/mol. The number of carbonyl (C=O) groups excluding carboxylic acids is 1. The Morgan fingerprint density at radius 1 is 1.35 bits per heavy atom. The van der Waals surface area contributed by atoms with Crippen LogP contribution in [-0.4, -0.2) is 32.1 Å². The van der Waals surface area contributed by atoms with Gasteiger partial charge in [-0.25, -0.2) is 4.39 Å². The largest absolute Gasteiger partial charge is 0.494 e. The number of anilines is 1. The van der Waals surface area contributed by atoms with E-state index in [4.69, 9.17) is 4.74 Å². The molecule has 1 aromatic carbocycles. The van der Waals surface area contributed by atoms with Crippen molar-refractivity contribution in [2.24, 2.45) is 5.92 Å². The number of methoxy groups -OCH3 is 1. The average Bonchev–Trinajstić information content (AvgIpc) is 2.97. The summed E-state index contributed by atoms with van der Waals surface area (Å²) < 4.78 is 18.7. The van der Waals surface area contributed by atoms with Crippen LogP contribution in [0.4, 0.5) is 10.1 Å². The van der Waals surface area contributed by atoms with Crippen molar-refractivity contribution in [3.05, 3.63) is 24.0 Å². The fourth-order valence-corrected chi connectivity index (χ4v) is 3.74. The highest BCUT2D eigenvalue weighted by atomic mass is 35.5. The van der Waals surface area contributed by atoms with Gasteiger partial charge in [0.2, 0.25) is 5.91 Å². The van der Waals surface area contributed by atoms with Gasteiger partial charge in [0.1, 0.15) is 0 Å². The smallest absolute Gasteiger partial charge is 0.243 e. The minimum absolute atomic E-state index is 0. The lowest BCUT2D eigenvalue weighted by Crippen LogP contribution is -2.44. The monoisotopic (exact) mass is 342 g/mol. The van der Waals surface area contributed by atoms with Crippen LogP contribution >= 0.6 is 12.4 Å². The van der Waals surface area contributed by atoms with Gasteiger partial charge in [0.15, 0.2) is 11.6 Å². The van der Waals surface area contributed by atoms with Gasteiger partial charge in [-0.3, -0.25) is 4.79 Å². The Morgan fingerprint density at radius 2 is 2.09 bits per heavy atom. The van der Waals surface area contributed by atoms with Crippen LogP contribution < -0.4 is 15.0 Å². The number of fused-ring (bicyclic) bond motifs is 1. The van der Waals surface area contributed by atoms with Gasteiger partial charge < -0.3 is 15.0 Å². The molecular weight excluding hydrogens is 319 g/mol. The summed E-state index contributed by atoms with van der Waals surface area (Å²) in [5.74, 6) is 0.366. The van der Waals surface area contributed by atoms with Crippen LogP contribution in [0.2, 0.25) is 0 Å². The summed E-state index contributed by atoms with van der Waals surface area (Å²) in [4.78, 5) is 14.2. The number of ether oxygens (including phenoxy) is 1. The molecule has 1 saturated carbocycles. The summed E-state index contributed by atoms with van der Waals surface area (Å²) >= 11 is 0. The molecule has 128 valence electrons. The second kappa shape index (κ2) is 7.49. The van der Waals surface area contributed by atoms with E-state index in [-0.39, 0.29) is 30.1 Å². The molecule has 2 aliphatic rings. The van der Waals surface area contributed by atoms with Gasteiger partial charge in [0.25, 0.3) is 0 Å². The molecule has 2 fully saturated rings. The Hall–Kier alpha value is -1.33. The Balaban J connectivity index is 0.00000192. The van der Waals surface area contributed by atoms with Gasteiger partial charge in [-0.1, -0.05) is 12.8 Å². The number of hydrogen-bond donors (Lipinski definition) is 1. The topological polar surface area (TPSA) is 41.6 Å². The fourth-order valence-electron chi connectivity index (χ4n) is 3.74. The Labute approximate surface area is 142 Å². The minimum atomic E-state index is -0.451. The van der Waals surface area contributed by atoms with Crippen molar-refractivity contribution in [2.45, 2.75) is 44.2 Å². The number of rotatable bonds is 3. The first-order valence-electron chi connectivity index (χ1n) is 7.97. The third-order valence-corrected chi connectivity index (χ3v) is 5.01. The Morgan fingerprint density at radius 3 is 2.74 bits per heavy atom. The van der Waals surface area contributed by atoms with Gasteiger partial charge >= 0.3 is 0 Å². The molecule has 0 aromatic heterocycles. The first kappa shape index (κ1) is 18.0.